The number of halogens is 6. The van der Waals surface area contributed by atoms with Crippen LogP contribution in [-0.4, -0.2) is 29.8 Å². The van der Waals surface area contributed by atoms with Crippen LogP contribution >= 0.6 is 11.6 Å². The number of benzene rings is 1. The van der Waals surface area contributed by atoms with Crippen LogP contribution in [0.2, 0.25) is 5.02 Å². The highest BCUT2D eigenvalue weighted by Crippen LogP contribution is 2.36. The molecule has 0 saturated carbocycles. The Bertz CT molecular complexity index is 487. The van der Waals surface area contributed by atoms with Gasteiger partial charge in [-0.1, -0.05) is 11.6 Å². The number of ether oxygens (including phenoxy) is 1. The summed E-state index contributed by atoms with van der Waals surface area (Å²) in [7, 11) is 0. The van der Waals surface area contributed by atoms with Gasteiger partial charge in [0.2, 0.25) is 0 Å². The average molecular weight is 305 g/mol. The van der Waals surface area contributed by atoms with E-state index in [-0.39, 0.29) is 5.02 Å². The molecule has 0 saturated heterocycles. The largest absolute Gasteiger partial charge is 0.487 e. The van der Waals surface area contributed by atoms with E-state index in [1.807, 2.05) is 0 Å². The molecule has 0 spiro atoms. The summed E-state index contributed by atoms with van der Waals surface area (Å²) in [5.41, 5.74) is -0.391. The third-order valence-corrected chi connectivity index (χ3v) is 2.17. The number of carboxylic acids is 1. The van der Waals surface area contributed by atoms with E-state index in [2.05, 4.69) is 4.74 Å². The summed E-state index contributed by atoms with van der Waals surface area (Å²) in [6.07, 6.45) is -5.75. The van der Waals surface area contributed by atoms with E-state index in [1.165, 1.54) is 0 Å². The van der Waals surface area contributed by atoms with Crippen molar-refractivity contribution in [1.29, 1.82) is 0 Å². The fourth-order valence-corrected chi connectivity index (χ4v) is 1.25. The van der Waals surface area contributed by atoms with E-state index in [9.17, 15) is 26.7 Å². The number of hydrogen-bond acceptors (Lipinski definition) is 2. The zero-order valence-corrected chi connectivity index (χ0v) is 9.73. The molecule has 0 fully saturated rings. The molecule has 1 aromatic rings. The van der Waals surface area contributed by atoms with E-state index < -0.39 is 36.0 Å². The van der Waals surface area contributed by atoms with Crippen molar-refractivity contribution >= 4 is 17.6 Å². The first-order valence-electron chi connectivity index (χ1n) is 4.64. The Labute approximate surface area is 108 Å². The first-order chi connectivity index (χ1) is 8.53. The van der Waals surface area contributed by atoms with Crippen LogP contribution in [0.4, 0.5) is 22.0 Å². The number of rotatable bonds is 4. The first-order valence-corrected chi connectivity index (χ1v) is 5.02. The molecule has 9 heteroatoms. The molecule has 0 aliphatic heterocycles. The first kappa shape index (κ1) is 15.5. The quantitative estimate of drug-likeness (QED) is 0.864. The van der Waals surface area contributed by atoms with E-state index in [4.69, 9.17) is 16.7 Å². The predicted molar refractivity (Wildman–Crippen MR) is 54.9 cm³/mol. The van der Waals surface area contributed by atoms with E-state index in [0.717, 1.165) is 18.2 Å². The van der Waals surface area contributed by atoms with Gasteiger partial charge in [0, 0.05) is 5.02 Å². The maximum atomic E-state index is 12.6. The molecule has 3 nitrogen and oxygen atoms in total. The topological polar surface area (TPSA) is 46.5 Å². The monoisotopic (exact) mass is 304 g/mol. The smallest absolute Gasteiger partial charge is 0.456 e. The Morgan fingerprint density at radius 1 is 1.21 bits per heavy atom. The average Bonchev–Trinajstić information content (AvgIpc) is 2.24. The van der Waals surface area contributed by atoms with E-state index >= 15 is 0 Å². The third-order valence-electron chi connectivity index (χ3n) is 1.95. The van der Waals surface area contributed by atoms with Gasteiger partial charge in [-0.05, 0) is 18.2 Å². The van der Waals surface area contributed by atoms with Crippen molar-refractivity contribution in [3.05, 3.63) is 28.8 Å². The van der Waals surface area contributed by atoms with Crippen molar-refractivity contribution in [2.45, 2.75) is 12.1 Å². The molecular formula is C10H6ClF5O3. The lowest BCUT2D eigenvalue weighted by Gasteiger charge is -2.19. The number of aromatic carboxylic acids is 1. The summed E-state index contributed by atoms with van der Waals surface area (Å²) in [6, 6.07) is 2.72. The molecule has 1 rings (SSSR count). The van der Waals surface area contributed by atoms with Gasteiger partial charge in [-0.3, -0.25) is 0 Å². The SMILES string of the molecule is O=C(O)c1cc(Cl)cc(OCC(F)(F)C(F)(F)F)c1. The van der Waals surface area contributed by atoms with Gasteiger partial charge < -0.3 is 9.84 Å². The van der Waals surface area contributed by atoms with E-state index in [1.54, 1.807) is 0 Å². The number of carbonyl (C=O) groups is 1. The lowest BCUT2D eigenvalue weighted by molar-refractivity contribution is -0.290. The molecule has 1 aromatic carbocycles. The molecule has 0 atom stereocenters. The molecule has 1 N–H and O–H groups in total. The van der Waals surface area contributed by atoms with Crippen LogP contribution in [-0.2, 0) is 0 Å². The molecule has 0 aliphatic rings. The molecule has 0 unspecified atom stereocenters. The molecule has 0 amide bonds. The Balaban J connectivity index is 2.87. The summed E-state index contributed by atoms with van der Waals surface area (Å²) in [5, 5.41) is 8.49. The Morgan fingerprint density at radius 3 is 2.26 bits per heavy atom. The molecule has 106 valence electrons. The Hall–Kier alpha value is -1.57. The van der Waals surface area contributed by atoms with Crippen LogP contribution in [0.3, 0.4) is 0 Å². The van der Waals surface area contributed by atoms with Crippen LogP contribution in [0.5, 0.6) is 5.75 Å². The molecule has 0 aromatic heterocycles. The molecule has 0 aliphatic carbocycles. The number of alkyl halides is 5. The van der Waals surface area contributed by atoms with Crippen molar-refractivity contribution < 1.29 is 36.6 Å². The second-order valence-corrected chi connectivity index (χ2v) is 3.91. The van der Waals surface area contributed by atoms with Gasteiger partial charge in [0.1, 0.15) is 5.75 Å². The van der Waals surface area contributed by atoms with Crippen LogP contribution in [0.25, 0.3) is 0 Å². The fraction of sp³-hybridized carbons (Fsp3) is 0.300. The van der Waals surface area contributed by atoms with Gasteiger partial charge in [-0.15, -0.1) is 0 Å². The van der Waals surface area contributed by atoms with Crippen LogP contribution in [0.15, 0.2) is 18.2 Å². The summed E-state index contributed by atoms with van der Waals surface area (Å²) >= 11 is 5.48. The zero-order valence-electron chi connectivity index (χ0n) is 8.97. The second kappa shape index (κ2) is 5.20. The third kappa shape index (κ3) is 3.95. The lowest BCUT2D eigenvalue weighted by atomic mass is 10.2. The minimum atomic E-state index is -5.75. The number of carboxylic acid groups (broad SMARTS) is 1. The Morgan fingerprint density at radius 2 is 1.79 bits per heavy atom. The van der Waals surface area contributed by atoms with E-state index in [0.29, 0.717) is 0 Å². The normalized spacial score (nSPS) is 12.3. The molecule has 19 heavy (non-hydrogen) atoms. The lowest BCUT2D eigenvalue weighted by Crippen LogP contribution is -2.41. The van der Waals surface area contributed by atoms with Crippen molar-refractivity contribution in [3.8, 4) is 5.75 Å². The van der Waals surface area contributed by atoms with Crippen molar-refractivity contribution in [1.82, 2.24) is 0 Å². The summed E-state index contributed by atoms with van der Waals surface area (Å²) in [5.74, 6) is -6.96. The molecular weight excluding hydrogens is 299 g/mol. The van der Waals surface area contributed by atoms with Gasteiger partial charge in [0.15, 0.2) is 6.61 Å². The summed E-state index contributed by atoms with van der Waals surface area (Å²) in [6.45, 7) is -1.96. The van der Waals surface area contributed by atoms with Gasteiger partial charge in [0.05, 0.1) is 5.56 Å². The fourth-order valence-electron chi connectivity index (χ4n) is 1.03. The van der Waals surface area contributed by atoms with Crippen LogP contribution in [0.1, 0.15) is 10.4 Å². The maximum Gasteiger partial charge on any atom is 0.456 e. The van der Waals surface area contributed by atoms with Crippen molar-refractivity contribution in [3.63, 3.8) is 0 Å². The van der Waals surface area contributed by atoms with Crippen molar-refractivity contribution in [2.75, 3.05) is 6.61 Å². The zero-order chi connectivity index (χ0) is 14.8. The van der Waals surface area contributed by atoms with Gasteiger partial charge >= 0.3 is 18.1 Å². The van der Waals surface area contributed by atoms with Gasteiger partial charge in [-0.25, -0.2) is 4.79 Å². The minimum absolute atomic E-state index is 0.162. The second-order valence-electron chi connectivity index (χ2n) is 3.47. The summed E-state index contributed by atoms with van der Waals surface area (Å²) < 4.78 is 65.0. The van der Waals surface area contributed by atoms with Gasteiger partial charge in [0.25, 0.3) is 0 Å². The highest BCUT2D eigenvalue weighted by Gasteiger charge is 2.58. The molecule has 0 bridgehead atoms. The van der Waals surface area contributed by atoms with Crippen molar-refractivity contribution in [2.24, 2.45) is 0 Å². The predicted octanol–water partition coefficient (Wildman–Crippen LogP) is 3.61. The maximum absolute atomic E-state index is 12.6. The highest BCUT2D eigenvalue weighted by molar-refractivity contribution is 6.31. The van der Waals surface area contributed by atoms with Gasteiger partial charge in [-0.2, -0.15) is 22.0 Å². The van der Waals surface area contributed by atoms with Crippen LogP contribution < -0.4 is 4.74 Å². The minimum Gasteiger partial charge on any atom is -0.487 e. The molecule has 0 radical (unpaired) electrons. The highest BCUT2D eigenvalue weighted by atomic mass is 35.5. The summed E-state index contributed by atoms with van der Waals surface area (Å²) in [4.78, 5) is 10.6. The standard InChI is InChI=1S/C10H6ClF5O3/c11-6-1-5(8(17)18)2-7(3-6)19-4-9(12,13)10(14,15)16/h1-3H,4H2,(H,17,18). The Kier molecular flexibility index (Phi) is 4.24. The number of hydrogen-bond donors (Lipinski definition) is 1. The van der Waals surface area contributed by atoms with Crippen LogP contribution in [0, 0.1) is 0 Å². The molecule has 0 heterocycles.